The SMILES string of the molecule is C[C@@H](NC(=O)N[C@H]1CC2(CCC2)Oc2ccccc21)c1cccnc1. The maximum absolute atomic E-state index is 12.5. The number of urea groups is 1. The van der Waals surface area contributed by atoms with E-state index >= 15 is 0 Å². The summed E-state index contributed by atoms with van der Waals surface area (Å²) in [6.45, 7) is 1.96. The number of hydrogen-bond donors (Lipinski definition) is 2. The second kappa shape index (κ2) is 6.39. The first-order chi connectivity index (χ1) is 12.2. The third-order valence-electron chi connectivity index (χ3n) is 5.30. The highest BCUT2D eigenvalue weighted by Crippen LogP contribution is 2.48. The van der Waals surface area contributed by atoms with Crippen molar-refractivity contribution in [1.29, 1.82) is 0 Å². The first-order valence-corrected chi connectivity index (χ1v) is 8.90. The minimum atomic E-state index is -0.160. The maximum atomic E-state index is 12.5. The van der Waals surface area contributed by atoms with E-state index in [4.69, 9.17) is 4.74 Å². The number of carbonyl (C=O) groups excluding carboxylic acids is 1. The van der Waals surface area contributed by atoms with Gasteiger partial charge in [-0.3, -0.25) is 4.98 Å². The number of nitrogens with one attached hydrogen (secondary N) is 2. The normalized spacial score (nSPS) is 21.4. The van der Waals surface area contributed by atoms with Crippen LogP contribution in [0.4, 0.5) is 4.79 Å². The van der Waals surface area contributed by atoms with Gasteiger partial charge in [0.2, 0.25) is 0 Å². The number of pyridine rings is 1. The Hall–Kier alpha value is -2.56. The molecule has 0 unspecified atom stereocenters. The highest BCUT2D eigenvalue weighted by atomic mass is 16.5. The van der Waals surface area contributed by atoms with E-state index < -0.39 is 0 Å². The highest BCUT2D eigenvalue weighted by Gasteiger charge is 2.45. The number of benzene rings is 1. The van der Waals surface area contributed by atoms with E-state index in [1.165, 1.54) is 6.42 Å². The number of amides is 2. The molecule has 2 amide bonds. The molecule has 0 radical (unpaired) electrons. The lowest BCUT2D eigenvalue weighted by Crippen LogP contribution is -2.51. The maximum Gasteiger partial charge on any atom is 0.315 e. The predicted molar refractivity (Wildman–Crippen MR) is 95.3 cm³/mol. The lowest BCUT2D eigenvalue weighted by Gasteiger charge is -2.48. The molecule has 25 heavy (non-hydrogen) atoms. The summed E-state index contributed by atoms with van der Waals surface area (Å²) in [5.41, 5.74) is 1.95. The van der Waals surface area contributed by atoms with Crippen LogP contribution < -0.4 is 15.4 Å². The number of aromatic nitrogens is 1. The Morgan fingerprint density at radius 2 is 2.12 bits per heavy atom. The fourth-order valence-electron chi connectivity index (χ4n) is 3.74. The molecule has 2 atom stereocenters. The Kier molecular flexibility index (Phi) is 4.07. The summed E-state index contributed by atoms with van der Waals surface area (Å²) in [5.74, 6) is 0.902. The van der Waals surface area contributed by atoms with Crippen LogP contribution in [0.2, 0.25) is 0 Å². The van der Waals surface area contributed by atoms with Gasteiger partial charge < -0.3 is 15.4 Å². The smallest absolute Gasteiger partial charge is 0.315 e. The third-order valence-corrected chi connectivity index (χ3v) is 5.30. The molecule has 5 heteroatoms. The Balaban J connectivity index is 1.47. The molecule has 2 aliphatic rings. The summed E-state index contributed by atoms with van der Waals surface area (Å²) in [6.07, 6.45) is 7.66. The molecular weight excluding hydrogens is 314 g/mol. The molecule has 1 aromatic carbocycles. The van der Waals surface area contributed by atoms with Crippen molar-refractivity contribution in [1.82, 2.24) is 15.6 Å². The molecule has 1 spiro atoms. The fraction of sp³-hybridized carbons (Fsp3) is 0.400. The van der Waals surface area contributed by atoms with Crippen molar-refractivity contribution >= 4 is 6.03 Å². The van der Waals surface area contributed by atoms with Crippen LogP contribution in [0.15, 0.2) is 48.8 Å². The summed E-state index contributed by atoms with van der Waals surface area (Å²) in [7, 11) is 0. The van der Waals surface area contributed by atoms with Gasteiger partial charge in [-0.1, -0.05) is 24.3 Å². The van der Waals surface area contributed by atoms with Gasteiger partial charge in [-0.25, -0.2) is 4.79 Å². The lowest BCUT2D eigenvalue weighted by molar-refractivity contribution is -0.0355. The van der Waals surface area contributed by atoms with E-state index in [9.17, 15) is 4.79 Å². The highest BCUT2D eigenvalue weighted by molar-refractivity contribution is 5.75. The van der Waals surface area contributed by atoms with Crippen molar-refractivity contribution in [3.05, 3.63) is 59.9 Å². The van der Waals surface area contributed by atoms with Crippen LogP contribution >= 0.6 is 0 Å². The van der Waals surface area contributed by atoms with Crippen molar-refractivity contribution in [3.8, 4) is 5.75 Å². The minimum absolute atomic E-state index is 0.0219. The number of ether oxygens (including phenoxy) is 1. The molecule has 1 aromatic heterocycles. The number of nitrogens with zero attached hydrogens (tertiary/aromatic N) is 1. The average Bonchev–Trinajstić information content (AvgIpc) is 2.61. The lowest BCUT2D eigenvalue weighted by atomic mass is 9.73. The van der Waals surface area contributed by atoms with E-state index in [2.05, 4.69) is 15.6 Å². The van der Waals surface area contributed by atoms with Gasteiger partial charge in [-0.15, -0.1) is 0 Å². The van der Waals surface area contributed by atoms with Gasteiger partial charge in [0.15, 0.2) is 0 Å². The van der Waals surface area contributed by atoms with E-state index in [0.717, 1.165) is 36.1 Å². The fourth-order valence-corrected chi connectivity index (χ4v) is 3.74. The Labute approximate surface area is 147 Å². The molecule has 1 saturated carbocycles. The zero-order chi connectivity index (χ0) is 17.3. The Morgan fingerprint density at radius 1 is 1.28 bits per heavy atom. The van der Waals surface area contributed by atoms with Crippen molar-refractivity contribution in [3.63, 3.8) is 0 Å². The first kappa shape index (κ1) is 15.9. The number of para-hydroxylation sites is 1. The molecule has 5 nitrogen and oxygen atoms in total. The molecule has 2 heterocycles. The molecule has 2 N–H and O–H groups in total. The summed E-state index contributed by atoms with van der Waals surface area (Å²) < 4.78 is 6.24. The zero-order valence-corrected chi connectivity index (χ0v) is 14.4. The van der Waals surface area contributed by atoms with E-state index in [1.54, 1.807) is 12.4 Å². The standard InChI is InChI=1S/C20H23N3O2/c1-14(15-6-4-11-21-13-15)22-19(24)23-17-12-20(9-5-10-20)25-18-8-3-2-7-16(17)18/h2-4,6-8,11,13-14,17H,5,9-10,12H2,1H3,(H2,22,23,24)/t14-,17+/m1/s1. The predicted octanol–water partition coefficient (Wildman–Crippen LogP) is 3.89. The zero-order valence-electron chi connectivity index (χ0n) is 14.4. The molecule has 1 aliphatic carbocycles. The van der Waals surface area contributed by atoms with Gasteiger partial charge in [0.05, 0.1) is 12.1 Å². The number of hydrogen-bond acceptors (Lipinski definition) is 3. The molecule has 0 saturated heterocycles. The van der Waals surface area contributed by atoms with Crippen LogP contribution in [-0.4, -0.2) is 16.6 Å². The first-order valence-electron chi connectivity index (χ1n) is 8.90. The van der Waals surface area contributed by atoms with E-state index in [-0.39, 0.29) is 23.7 Å². The third kappa shape index (κ3) is 3.18. The molecule has 0 bridgehead atoms. The monoisotopic (exact) mass is 337 g/mol. The van der Waals surface area contributed by atoms with Gasteiger partial charge in [0.1, 0.15) is 11.4 Å². The number of carbonyl (C=O) groups is 1. The molecular formula is C20H23N3O2. The largest absolute Gasteiger partial charge is 0.487 e. The molecule has 130 valence electrons. The van der Waals surface area contributed by atoms with E-state index in [1.807, 2.05) is 43.3 Å². The Bertz CT molecular complexity index is 759. The van der Waals surface area contributed by atoms with Crippen molar-refractivity contribution in [2.75, 3.05) is 0 Å². The van der Waals surface area contributed by atoms with Crippen molar-refractivity contribution < 1.29 is 9.53 Å². The topological polar surface area (TPSA) is 63.2 Å². The number of fused-ring (bicyclic) bond motifs is 1. The van der Waals surface area contributed by atoms with Crippen LogP contribution in [0.3, 0.4) is 0 Å². The summed E-state index contributed by atoms with van der Waals surface area (Å²) >= 11 is 0. The molecule has 4 rings (SSSR count). The van der Waals surface area contributed by atoms with Crippen molar-refractivity contribution in [2.24, 2.45) is 0 Å². The van der Waals surface area contributed by atoms with Crippen LogP contribution in [-0.2, 0) is 0 Å². The average molecular weight is 337 g/mol. The van der Waals surface area contributed by atoms with Crippen molar-refractivity contribution in [2.45, 2.75) is 50.3 Å². The molecule has 1 fully saturated rings. The van der Waals surface area contributed by atoms with Crippen LogP contribution in [0.25, 0.3) is 0 Å². The van der Waals surface area contributed by atoms with Gasteiger partial charge in [0.25, 0.3) is 0 Å². The Morgan fingerprint density at radius 3 is 2.84 bits per heavy atom. The second-order valence-electron chi connectivity index (χ2n) is 7.06. The van der Waals surface area contributed by atoms with Gasteiger partial charge >= 0.3 is 6.03 Å². The van der Waals surface area contributed by atoms with Gasteiger partial charge in [-0.05, 0) is 43.9 Å². The molecule has 1 aliphatic heterocycles. The van der Waals surface area contributed by atoms with Gasteiger partial charge in [0, 0.05) is 24.4 Å². The van der Waals surface area contributed by atoms with E-state index in [0.29, 0.717) is 0 Å². The van der Waals surface area contributed by atoms with Gasteiger partial charge in [-0.2, -0.15) is 0 Å². The summed E-state index contributed by atoms with van der Waals surface area (Å²) in [5, 5.41) is 6.16. The minimum Gasteiger partial charge on any atom is -0.487 e. The molecule has 2 aromatic rings. The quantitative estimate of drug-likeness (QED) is 0.893. The summed E-state index contributed by atoms with van der Waals surface area (Å²) in [4.78, 5) is 16.6. The van der Waals surface area contributed by atoms with Crippen LogP contribution in [0.1, 0.15) is 55.8 Å². The van der Waals surface area contributed by atoms with Crippen LogP contribution in [0.5, 0.6) is 5.75 Å². The summed E-state index contributed by atoms with van der Waals surface area (Å²) in [6, 6.07) is 11.6. The second-order valence-corrected chi connectivity index (χ2v) is 7.06. The van der Waals surface area contributed by atoms with Crippen LogP contribution in [0, 0.1) is 0 Å². The number of rotatable bonds is 3.